The summed E-state index contributed by atoms with van der Waals surface area (Å²) >= 11 is 1.67. The quantitative estimate of drug-likeness (QED) is 0.873. The summed E-state index contributed by atoms with van der Waals surface area (Å²) in [6.07, 6.45) is 9.57. The molecule has 21 heavy (non-hydrogen) atoms. The molecular formula is C17H20N2OS. The Kier molecular flexibility index (Phi) is 4.34. The van der Waals surface area contributed by atoms with Crippen molar-refractivity contribution in [2.24, 2.45) is 0 Å². The molecule has 1 N–H and O–H groups in total. The number of fused-ring (bicyclic) bond motifs is 1. The maximum atomic E-state index is 12.4. The minimum atomic E-state index is 0.00223. The second-order valence-electron chi connectivity index (χ2n) is 5.60. The van der Waals surface area contributed by atoms with E-state index in [1.165, 1.54) is 29.7 Å². The molecule has 2 aromatic heterocycles. The van der Waals surface area contributed by atoms with Crippen molar-refractivity contribution in [2.75, 3.05) is 0 Å². The Balaban J connectivity index is 1.71. The molecule has 0 aliphatic heterocycles. The molecule has 2 aromatic rings. The highest BCUT2D eigenvalue weighted by Gasteiger charge is 2.18. The van der Waals surface area contributed by atoms with Crippen LogP contribution in [0, 0.1) is 0 Å². The average Bonchev–Trinajstić information content (AvgIpc) is 2.79. The highest BCUT2D eigenvalue weighted by atomic mass is 32.1. The van der Waals surface area contributed by atoms with Gasteiger partial charge in [-0.3, -0.25) is 9.78 Å². The molecule has 0 unspecified atom stereocenters. The number of hydrogen-bond acceptors (Lipinski definition) is 3. The van der Waals surface area contributed by atoms with E-state index in [4.69, 9.17) is 0 Å². The lowest BCUT2D eigenvalue weighted by molar-refractivity contribution is 0.0944. The number of rotatable bonds is 3. The van der Waals surface area contributed by atoms with Crippen LogP contribution in [-0.4, -0.2) is 10.9 Å². The summed E-state index contributed by atoms with van der Waals surface area (Å²) in [6.45, 7) is 2.01. The fraction of sp³-hybridized carbons (Fsp3) is 0.412. The van der Waals surface area contributed by atoms with Gasteiger partial charge < -0.3 is 5.32 Å². The number of aromatic nitrogens is 1. The van der Waals surface area contributed by atoms with Gasteiger partial charge in [-0.2, -0.15) is 0 Å². The van der Waals surface area contributed by atoms with Gasteiger partial charge in [0.05, 0.1) is 10.9 Å². The number of nitrogens with zero attached hydrogens (tertiary/aromatic N) is 1. The molecule has 3 rings (SSSR count). The lowest BCUT2D eigenvalue weighted by Gasteiger charge is -2.13. The summed E-state index contributed by atoms with van der Waals surface area (Å²) in [5, 5.41) is 3.08. The fourth-order valence-electron chi connectivity index (χ4n) is 2.78. The van der Waals surface area contributed by atoms with Gasteiger partial charge in [-0.05, 0) is 61.9 Å². The van der Waals surface area contributed by atoms with Crippen LogP contribution in [0.3, 0.4) is 0 Å². The van der Waals surface area contributed by atoms with Gasteiger partial charge in [0.1, 0.15) is 0 Å². The number of carbonyl (C=O) groups is 1. The third-order valence-corrected chi connectivity index (χ3v) is 5.26. The van der Waals surface area contributed by atoms with E-state index >= 15 is 0 Å². The van der Waals surface area contributed by atoms with E-state index in [1.807, 2.05) is 19.1 Å². The number of carbonyl (C=O) groups excluding carboxylic acids is 1. The van der Waals surface area contributed by atoms with Crippen molar-refractivity contribution in [1.82, 2.24) is 10.3 Å². The molecule has 2 heterocycles. The van der Waals surface area contributed by atoms with Crippen LogP contribution in [0.4, 0.5) is 0 Å². The van der Waals surface area contributed by atoms with E-state index in [-0.39, 0.29) is 11.9 Å². The summed E-state index contributed by atoms with van der Waals surface area (Å²) < 4.78 is 0. The SMILES string of the molecule is C[C@H](NC(=O)c1cc2c(s1)CCCCC2)c1ccncc1. The molecule has 0 saturated carbocycles. The van der Waals surface area contributed by atoms with E-state index in [0.717, 1.165) is 23.3 Å². The standard InChI is InChI=1S/C17H20N2OS/c1-12(13-7-9-18-10-8-13)19-17(20)16-11-14-5-3-2-4-6-15(14)21-16/h7-12H,2-6H2,1H3,(H,19,20)/t12-/m0/s1. The van der Waals surface area contributed by atoms with Crippen LogP contribution >= 0.6 is 11.3 Å². The third-order valence-electron chi connectivity index (χ3n) is 4.02. The summed E-state index contributed by atoms with van der Waals surface area (Å²) in [6, 6.07) is 5.98. The van der Waals surface area contributed by atoms with Crippen LogP contribution in [-0.2, 0) is 12.8 Å². The maximum absolute atomic E-state index is 12.4. The third kappa shape index (κ3) is 3.32. The van der Waals surface area contributed by atoms with Crippen molar-refractivity contribution in [1.29, 1.82) is 0 Å². The molecule has 0 aromatic carbocycles. The van der Waals surface area contributed by atoms with Crippen molar-refractivity contribution < 1.29 is 4.79 Å². The zero-order chi connectivity index (χ0) is 14.7. The largest absolute Gasteiger partial charge is 0.345 e. The molecule has 1 aliphatic carbocycles. The summed E-state index contributed by atoms with van der Waals surface area (Å²) in [4.78, 5) is 18.7. The summed E-state index contributed by atoms with van der Waals surface area (Å²) in [5.41, 5.74) is 2.47. The van der Waals surface area contributed by atoms with Gasteiger partial charge in [0.15, 0.2) is 0 Å². The van der Waals surface area contributed by atoms with Gasteiger partial charge in [-0.15, -0.1) is 11.3 Å². The lowest BCUT2D eigenvalue weighted by Crippen LogP contribution is -2.25. The monoisotopic (exact) mass is 300 g/mol. The van der Waals surface area contributed by atoms with E-state index in [1.54, 1.807) is 23.7 Å². The first-order valence-electron chi connectivity index (χ1n) is 7.56. The maximum Gasteiger partial charge on any atom is 0.261 e. The number of aryl methyl sites for hydroxylation is 2. The first-order valence-corrected chi connectivity index (χ1v) is 8.38. The topological polar surface area (TPSA) is 42.0 Å². The smallest absolute Gasteiger partial charge is 0.261 e. The molecule has 1 amide bonds. The Labute approximate surface area is 129 Å². The Morgan fingerprint density at radius 2 is 2.00 bits per heavy atom. The molecular weight excluding hydrogens is 280 g/mol. The van der Waals surface area contributed by atoms with Gasteiger partial charge in [0.2, 0.25) is 0 Å². The Bertz CT molecular complexity index is 597. The zero-order valence-corrected chi connectivity index (χ0v) is 13.1. The Hall–Kier alpha value is -1.68. The highest BCUT2D eigenvalue weighted by Crippen LogP contribution is 2.29. The predicted molar refractivity (Wildman–Crippen MR) is 85.7 cm³/mol. The van der Waals surface area contributed by atoms with Crippen LogP contribution in [0.25, 0.3) is 0 Å². The second kappa shape index (κ2) is 6.39. The summed E-state index contributed by atoms with van der Waals surface area (Å²) in [7, 11) is 0. The number of thiophene rings is 1. The Morgan fingerprint density at radius 3 is 2.81 bits per heavy atom. The van der Waals surface area contributed by atoms with Crippen LogP contribution in [0.2, 0.25) is 0 Å². The van der Waals surface area contributed by atoms with Crippen LogP contribution in [0.15, 0.2) is 30.6 Å². The van der Waals surface area contributed by atoms with Crippen molar-refractivity contribution in [3.05, 3.63) is 51.5 Å². The molecule has 0 fully saturated rings. The predicted octanol–water partition coefficient (Wildman–Crippen LogP) is 3.90. The van der Waals surface area contributed by atoms with Crippen LogP contribution in [0.1, 0.15) is 57.9 Å². The highest BCUT2D eigenvalue weighted by molar-refractivity contribution is 7.14. The van der Waals surface area contributed by atoms with Gasteiger partial charge in [-0.25, -0.2) is 0 Å². The number of nitrogens with one attached hydrogen (secondary N) is 1. The van der Waals surface area contributed by atoms with Crippen molar-refractivity contribution >= 4 is 17.2 Å². The molecule has 1 atom stereocenters. The van der Waals surface area contributed by atoms with E-state index < -0.39 is 0 Å². The normalized spacial score (nSPS) is 15.9. The van der Waals surface area contributed by atoms with Gasteiger partial charge in [0, 0.05) is 17.3 Å². The van der Waals surface area contributed by atoms with Crippen molar-refractivity contribution in [2.45, 2.75) is 45.1 Å². The molecule has 0 saturated heterocycles. The molecule has 3 nitrogen and oxygen atoms in total. The molecule has 0 radical (unpaired) electrons. The molecule has 0 bridgehead atoms. The molecule has 4 heteroatoms. The minimum absolute atomic E-state index is 0.00223. The molecule has 1 aliphatic rings. The van der Waals surface area contributed by atoms with E-state index in [2.05, 4.69) is 16.4 Å². The van der Waals surface area contributed by atoms with Crippen molar-refractivity contribution in [3.8, 4) is 0 Å². The molecule has 0 spiro atoms. The van der Waals surface area contributed by atoms with Gasteiger partial charge in [0.25, 0.3) is 5.91 Å². The van der Waals surface area contributed by atoms with E-state index in [9.17, 15) is 4.79 Å². The first kappa shape index (κ1) is 14.3. The van der Waals surface area contributed by atoms with E-state index in [0.29, 0.717) is 0 Å². The van der Waals surface area contributed by atoms with Crippen LogP contribution < -0.4 is 5.32 Å². The Morgan fingerprint density at radius 1 is 1.24 bits per heavy atom. The fourth-order valence-corrected chi connectivity index (χ4v) is 3.94. The number of amides is 1. The van der Waals surface area contributed by atoms with Gasteiger partial charge in [-0.1, -0.05) is 6.42 Å². The summed E-state index contributed by atoms with van der Waals surface area (Å²) in [5.74, 6) is 0.0392. The minimum Gasteiger partial charge on any atom is -0.345 e. The second-order valence-corrected chi connectivity index (χ2v) is 6.73. The van der Waals surface area contributed by atoms with Crippen molar-refractivity contribution in [3.63, 3.8) is 0 Å². The van der Waals surface area contributed by atoms with Crippen LogP contribution in [0.5, 0.6) is 0 Å². The molecule has 110 valence electrons. The number of pyridine rings is 1. The number of hydrogen-bond donors (Lipinski definition) is 1. The van der Waals surface area contributed by atoms with Gasteiger partial charge >= 0.3 is 0 Å². The average molecular weight is 300 g/mol. The zero-order valence-electron chi connectivity index (χ0n) is 12.3. The first-order chi connectivity index (χ1) is 10.2. The lowest BCUT2D eigenvalue weighted by atomic mass is 10.1.